The summed E-state index contributed by atoms with van der Waals surface area (Å²) in [5.41, 5.74) is 0. The van der Waals surface area contributed by atoms with Gasteiger partial charge in [-0.1, -0.05) is 12.1 Å². The van der Waals surface area contributed by atoms with E-state index < -0.39 is 24.0 Å². The maximum absolute atomic E-state index is 11.9. The molecule has 1 aromatic rings. The van der Waals surface area contributed by atoms with Crippen molar-refractivity contribution < 1.29 is 29.3 Å². The van der Waals surface area contributed by atoms with E-state index in [1.807, 2.05) is 0 Å². The molecule has 3 N–H and O–H groups in total. The van der Waals surface area contributed by atoms with Crippen LogP contribution in [0.5, 0.6) is 11.5 Å². The molecule has 0 radical (unpaired) electrons. The zero-order chi connectivity index (χ0) is 14.5. The van der Waals surface area contributed by atoms with Crippen LogP contribution in [0.15, 0.2) is 24.3 Å². The first kappa shape index (κ1) is 14.1. The number of benzene rings is 1. The minimum Gasteiger partial charge on any atom is -0.485 e. The van der Waals surface area contributed by atoms with Crippen molar-refractivity contribution in [3.8, 4) is 11.5 Å². The fourth-order valence-corrected chi connectivity index (χ4v) is 1.80. The van der Waals surface area contributed by atoms with Crippen molar-refractivity contribution >= 4 is 11.9 Å². The molecule has 2 atom stereocenters. The Labute approximate surface area is 115 Å². The van der Waals surface area contributed by atoms with Gasteiger partial charge in [-0.15, -0.1) is 0 Å². The third kappa shape index (κ3) is 3.18. The maximum atomic E-state index is 11.9. The van der Waals surface area contributed by atoms with Gasteiger partial charge in [0, 0.05) is 13.0 Å². The van der Waals surface area contributed by atoms with Gasteiger partial charge in [0.1, 0.15) is 12.6 Å². The number of amides is 1. The number of aliphatic hydroxyl groups excluding tert-OH is 1. The van der Waals surface area contributed by atoms with Crippen LogP contribution in [0.3, 0.4) is 0 Å². The van der Waals surface area contributed by atoms with Gasteiger partial charge in [-0.05, 0) is 12.1 Å². The Balaban J connectivity index is 1.99. The minimum absolute atomic E-state index is 0.00824. The molecule has 7 heteroatoms. The molecule has 1 aliphatic heterocycles. The van der Waals surface area contributed by atoms with Crippen LogP contribution in [-0.4, -0.2) is 47.4 Å². The van der Waals surface area contributed by atoms with Crippen LogP contribution in [0, 0.1) is 0 Å². The summed E-state index contributed by atoms with van der Waals surface area (Å²) < 4.78 is 10.8. The monoisotopic (exact) mass is 281 g/mol. The second kappa shape index (κ2) is 6.25. The third-order valence-corrected chi connectivity index (χ3v) is 2.83. The molecule has 0 spiro atoms. The van der Waals surface area contributed by atoms with Gasteiger partial charge < -0.3 is 25.0 Å². The van der Waals surface area contributed by atoms with E-state index in [-0.39, 0.29) is 19.6 Å². The molecule has 0 bridgehead atoms. The summed E-state index contributed by atoms with van der Waals surface area (Å²) in [6.45, 7) is -0.323. The Morgan fingerprint density at radius 3 is 2.70 bits per heavy atom. The Hall–Kier alpha value is -2.28. The van der Waals surface area contributed by atoms with E-state index in [9.17, 15) is 9.59 Å². The number of ether oxygens (including phenoxy) is 2. The highest BCUT2D eigenvalue weighted by Gasteiger charge is 2.30. The lowest BCUT2D eigenvalue weighted by Gasteiger charge is -2.26. The molecule has 0 aromatic heterocycles. The zero-order valence-electron chi connectivity index (χ0n) is 10.6. The standard InChI is InChI=1S/C13H15NO6/c15-6-5-8(13(17)18)14-12(16)11-7-19-9-3-1-2-4-10(9)20-11/h1-4,8,11,15H,5-7H2,(H,14,16)(H,17,18)/t8-,11?/m0/s1. The molecular weight excluding hydrogens is 266 g/mol. The van der Waals surface area contributed by atoms with E-state index in [0.717, 1.165) is 0 Å². The van der Waals surface area contributed by atoms with Crippen molar-refractivity contribution in [3.63, 3.8) is 0 Å². The topological polar surface area (TPSA) is 105 Å². The summed E-state index contributed by atoms with van der Waals surface area (Å²) in [7, 11) is 0. The van der Waals surface area contributed by atoms with Gasteiger partial charge in [0.2, 0.25) is 6.10 Å². The molecule has 7 nitrogen and oxygen atoms in total. The summed E-state index contributed by atoms with van der Waals surface area (Å²) >= 11 is 0. The van der Waals surface area contributed by atoms with Gasteiger partial charge in [0.25, 0.3) is 5.91 Å². The largest absolute Gasteiger partial charge is 0.485 e. The number of rotatable bonds is 5. The molecule has 0 fully saturated rings. The molecule has 108 valence electrons. The number of carboxylic acids is 1. The van der Waals surface area contributed by atoms with Crippen molar-refractivity contribution in [2.24, 2.45) is 0 Å². The number of nitrogens with one attached hydrogen (secondary N) is 1. The van der Waals surface area contributed by atoms with Crippen LogP contribution in [0.2, 0.25) is 0 Å². The number of aliphatic carboxylic acids is 1. The molecule has 2 rings (SSSR count). The van der Waals surface area contributed by atoms with Gasteiger partial charge >= 0.3 is 5.97 Å². The van der Waals surface area contributed by atoms with Crippen molar-refractivity contribution in [1.82, 2.24) is 5.32 Å². The van der Waals surface area contributed by atoms with Gasteiger partial charge in [-0.25, -0.2) is 4.79 Å². The van der Waals surface area contributed by atoms with Crippen LogP contribution in [0.25, 0.3) is 0 Å². The van der Waals surface area contributed by atoms with E-state index in [1.54, 1.807) is 24.3 Å². The summed E-state index contributed by atoms with van der Waals surface area (Å²) in [6.07, 6.45) is -0.976. The van der Waals surface area contributed by atoms with Crippen molar-refractivity contribution in [2.45, 2.75) is 18.6 Å². The summed E-state index contributed by atoms with van der Waals surface area (Å²) in [6, 6.07) is 5.76. The highest BCUT2D eigenvalue weighted by Crippen LogP contribution is 2.30. The lowest BCUT2D eigenvalue weighted by molar-refractivity contribution is -0.144. The number of carbonyl (C=O) groups is 2. The van der Waals surface area contributed by atoms with Crippen molar-refractivity contribution in [1.29, 1.82) is 0 Å². The fraction of sp³-hybridized carbons (Fsp3) is 0.385. The van der Waals surface area contributed by atoms with Crippen LogP contribution in [0.1, 0.15) is 6.42 Å². The molecule has 0 saturated heterocycles. The van der Waals surface area contributed by atoms with Gasteiger partial charge in [0.15, 0.2) is 11.5 Å². The van der Waals surface area contributed by atoms with E-state index in [4.69, 9.17) is 19.7 Å². The van der Waals surface area contributed by atoms with Gasteiger partial charge in [-0.2, -0.15) is 0 Å². The number of aliphatic hydroxyl groups is 1. The lowest BCUT2D eigenvalue weighted by Crippen LogP contribution is -2.50. The summed E-state index contributed by atoms with van der Waals surface area (Å²) in [5.74, 6) is -0.806. The number of carbonyl (C=O) groups excluding carboxylic acids is 1. The lowest BCUT2D eigenvalue weighted by atomic mass is 10.2. The van der Waals surface area contributed by atoms with Crippen molar-refractivity contribution in [2.75, 3.05) is 13.2 Å². The molecule has 1 aliphatic rings. The number of carboxylic acid groups (broad SMARTS) is 1. The van der Waals surface area contributed by atoms with Crippen LogP contribution >= 0.6 is 0 Å². The average Bonchev–Trinajstić information content (AvgIpc) is 2.46. The predicted octanol–water partition coefficient (Wildman–Crippen LogP) is -0.222. The predicted molar refractivity (Wildman–Crippen MR) is 67.6 cm³/mol. The number of para-hydroxylation sites is 2. The molecule has 1 amide bonds. The zero-order valence-corrected chi connectivity index (χ0v) is 10.6. The van der Waals surface area contributed by atoms with E-state index >= 15 is 0 Å². The van der Waals surface area contributed by atoms with E-state index in [0.29, 0.717) is 11.5 Å². The van der Waals surface area contributed by atoms with Gasteiger partial charge in [0.05, 0.1) is 0 Å². The van der Waals surface area contributed by atoms with Crippen LogP contribution in [-0.2, 0) is 9.59 Å². The Bertz CT molecular complexity index is 503. The third-order valence-electron chi connectivity index (χ3n) is 2.83. The summed E-state index contributed by atoms with van der Waals surface area (Å²) in [4.78, 5) is 22.8. The second-order valence-electron chi connectivity index (χ2n) is 4.28. The molecule has 20 heavy (non-hydrogen) atoms. The van der Waals surface area contributed by atoms with Crippen molar-refractivity contribution in [3.05, 3.63) is 24.3 Å². The Morgan fingerprint density at radius 1 is 1.35 bits per heavy atom. The molecule has 1 unspecified atom stereocenters. The van der Waals surface area contributed by atoms with Crippen LogP contribution < -0.4 is 14.8 Å². The second-order valence-corrected chi connectivity index (χ2v) is 4.28. The molecule has 0 saturated carbocycles. The molecule has 0 aliphatic carbocycles. The van der Waals surface area contributed by atoms with E-state index in [1.165, 1.54) is 0 Å². The Kier molecular flexibility index (Phi) is 4.41. The normalized spacial score (nSPS) is 18.1. The molecule has 1 aromatic carbocycles. The smallest absolute Gasteiger partial charge is 0.326 e. The Morgan fingerprint density at radius 2 is 2.05 bits per heavy atom. The SMILES string of the molecule is O=C(N[C@@H](CCO)C(=O)O)C1COc2ccccc2O1. The van der Waals surface area contributed by atoms with E-state index in [2.05, 4.69) is 5.32 Å². The maximum Gasteiger partial charge on any atom is 0.326 e. The fourth-order valence-electron chi connectivity index (χ4n) is 1.80. The number of hydrogen-bond acceptors (Lipinski definition) is 5. The highest BCUT2D eigenvalue weighted by atomic mass is 16.6. The molecule has 1 heterocycles. The first-order valence-electron chi connectivity index (χ1n) is 6.14. The quantitative estimate of drug-likeness (QED) is 0.689. The van der Waals surface area contributed by atoms with Gasteiger partial charge in [-0.3, -0.25) is 4.79 Å². The highest BCUT2D eigenvalue weighted by molar-refractivity contribution is 5.86. The summed E-state index contributed by atoms with van der Waals surface area (Å²) in [5, 5.41) is 20.0. The minimum atomic E-state index is -1.20. The van der Waals surface area contributed by atoms with Crippen LogP contribution in [0.4, 0.5) is 0 Å². The average molecular weight is 281 g/mol. The first-order chi connectivity index (χ1) is 9.61. The first-order valence-corrected chi connectivity index (χ1v) is 6.14. The number of fused-ring (bicyclic) bond motifs is 1. The molecular formula is C13H15NO6. The number of hydrogen-bond donors (Lipinski definition) is 3.